The number of benzene rings is 3. The minimum atomic E-state index is -0.945. The van der Waals surface area contributed by atoms with Crippen molar-refractivity contribution in [3.05, 3.63) is 60.2 Å². The van der Waals surface area contributed by atoms with E-state index in [2.05, 4.69) is 10.6 Å². The smallest absolute Gasteiger partial charge is 0.342 e. The summed E-state index contributed by atoms with van der Waals surface area (Å²) in [5.74, 6) is -2.27. The molecule has 8 heteroatoms. The van der Waals surface area contributed by atoms with Gasteiger partial charge >= 0.3 is 5.97 Å². The molecule has 0 atom stereocenters. The molecule has 0 saturated carbocycles. The van der Waals surface area contributed by atoms with Crippen LogP contribution in [0, 0.1) is 0 Å². The van der Waals surface area contributed by atoms with Crippen LogP contribution in [0.5, 0.6) is 11.5 Å². The second-order valence-corrected chi connectivity index (χ2v) is 6.22. The summed E-state index contributed by atoms with van der Waals surface area (Å²) in [5, 5.41) is 26.2. The average molecular weight is 394 g/mol. The summed E-state index contributed by atoms with van der Waals surface area (Å²) < 4.78 is 4.94. The Bertz CT molecular complexity index is 1090. The molecule has 3 aromatic carbocycles. The lowest BCUT2D eigenvalue weighted by atomic mass is 10.0. The van der Waals surface area contributed by atoms with Crippen LogP contribution in [-0.4, -0.2) is 34.6 Å². The molecule has 0 aromatic heterocycles. The highest BCUT2D eigenvalue weighted by atomic mass is 16.5. The molecular weight excluding hydrogens is 376 g/mol. The molecule has 2 amide bonds. The van der Waals surface area contributed by atoms with E-state index in [1.54, 1.807) is 48.5 Å². The number of amides is 2. The molecule has 0 bridgehead atoms. The van der Waals surface area contributed by atoms with Crippen molar-refractivity contribution in [3.8, 4) is 11.5 Å². The molecule has 0 heterocycles. The van der Waals surface area contributed by atoms with Crippen molar-refractivity contribution in [2.24, 2.45) is 0 Å². The molecular formula is C21H18N2O6. The van der Waals surface area contributed by atoms with Gasteiger partial charge in [0, 0.05) is 29.1 Å². The van der Waals surface area contributed by atoms with Crippen LogP contribution in [0.3, 0.4) is 0 Å². The molecule has 29 heavy (non-hydrogen) atoms. The van der Waals surface area contributed by atoms with Gasteiger partial charge in [-0.05, 0) is 30.3 Å². The zero-order chi connectivity index (χ0) is 21.0. The standard InChI is InChI=1S/C21H18N2O6/c1-12(24)22-13-6-8-14(9-7-13)23-19(26)11-29-21(28)17-10-18(25)15-4-2-3-5-16(15)20(17)27/h2-10,25,27H,11H2,1H3,(H,22,24)(H,23,26). The highest BCUT2D eigenvalue weighted by molar-refractivity contribution is 6.04. The summed E-state index contributed by atoms with van der Waals surface area (Å²) in [7, 11) is 0. The normalized spacial score (nSPS) is 10.4. The molecule has 3 aromatic rings. The van der Waals surface area contributed by atoms with E-state index in [-0.39, 0.29) is 23.0 Å². The minimum absolute atomic E-state index is 0.186. The van der Waals surface area contributed by atoms with Crippen molar-refractivity contribution >= 4 is 39.9 Å². The van der Waals surface area contributed by atoms with E-state index in [0.29, 0.717) is 22.1 Å². The van der Waals surface area contributed by atoms with Crippen LogP contribution < -0.4 is 10.6 Å². The zero-order valence-electron chi connectivity index (χ0n) is 15.4. The third-order valence-corrected chi connectivity index (χ3v) is 4.04. The predicted octanol–water partition coefficient (Wildman–Crippen LogP) is 3.00. The van der Waals surface area contributed by atoms with Crippen LogP contribution >= 0.6 is 0 Å². The number of aromatic hydroxyl groups is 2. The average Bonchev–Trinajstić information content (AvgIpc) is 2.70. The van der Waals surface area contributed by atoms with E-state index >= 15 is 0 Å². The van der Waals surface area contributed by atoms with Crippen molar-refractivity contribution < 1.29 is 29.3 Å². The molecule has 0 aliphatic heterocycles. The van der Waals surface area contributed by atoms with E-state index in [0.717, 1.165) is 6.07 Å². The van der Waals surface area contributed by atoms with E-state index in [9.17, 15) is 24.6 Å². The Morgan fingerprint density at radius 3 is 2.10 bits per heavy atom. The second-order valence-electron chi connectivity index (χ2n) is 6.22. The molecule has 148 valence electrons. The SMILES string of the molecule is CC(=O)Nc1ccc(NC(=O)COC(=O)c2cc(O)c3ccccc3c2O)cc1. The molecule has 4 N–H and O–H groups in total. The fraction of sp³-hybridized carbons (Fsp3) is 0.0952. The monoisotopic (exact) mass is 394 g/mol. The molecule has 0 aliphatic carbocycles. The van der Waals surface area contributed by atoms with Gasteiger partial charge in [-0.1, -0.05) is 24.3 Å². The summed E-state index contributed by atoms with van der Waals surface area (Å²) in [5.41, 5.74) is 0.786. The maximum absolute atomic E-state index is 12.3. The Kier molecular flexibility index (Phi) is 5.64. The lowest BCUT2D eigenvalue weighted by molar-refractivity contribution is -0.119. The number of phenolic OH excluding ortho intramolecular Hbond substituents is 2. The predicted molar refractivity (Wildman–Crippen MR) is 107 cm³/mol. The number of carbonyl (C=O) groups excluding carboxylic acids is 3. The van der Waals surface area contributed by atoms with Gasteiger partial charge in [0.05, 0.1) is 0 Å². The van der Waals surface area contributed by atoms with Gasteiger partial charge in [0.15, 0.2) is 6.61 Å². The van der Waals surface area contributed by atoms with Crippen LogP contribution in [0.25, 0.3) is 10.8 Å². The molecule has 0 fully saturated rings. The van der Waals surface area contributed by atoms with E-state index in [1.807, 2.05) is 0 Å². The van der Waals surface area contributed by atoms with Crippen molar-refractivity contribution in [3.63, 3.8) is 0 Å². The van der Waals surface area contributed by atoms with E-state index in [4.69, 9.17) is 4.74 Å². The first-order chi connectivity index (χ1) is 13.8. The number of hydrogen-bond acceptors (Lipinski definition) is 6. The fourth-order valence-corrected chi connectivity index (χ4v) is 2.74. The lowest BCUT2D eigenvalue weighted by Crippen LogP contribution is -2.21. The Morgan fingerprint density at radius 2 is 1.48 bits per heavy atom. The van der Waals surface area contributed by atoms with Crippen molar-refractivity contribution in [1.82, 2.24) is 0 Å². The van der Waals surface area contributed by atoms with Gasteiger partial charge < -0.3 is 25.6 Å². The first-order valence-electron chi connectivity index (χ1n) is 8.63. The quantitative estimate of drug-likeness (QED) is 0.389. The first kappa shape index (κ1) is 19.7. The Labute approximate surface area is 165 Å². The van der Waals surface area contributed by atoms with E-state index < -0.39 is 18.5 Å². The maximum atomic E-state index is 12.3. The topological polar surface area (TPSA) is 125 Å². The number of nitrogens with one attached hydrogen (secondary N) is 2. The third kappa shape index (κ3) is 4.62. The van der Waals surface area contributed by atoms with Gasteiger partial charge in [-0.2, -0.15) is 0 Å². The van der Waals surface area contributed by atoms with Crippen LogP contribution in [0.2, 0.25) is 0 Å². The van der Waals surface area contributed by atoms with Gasteiger partial charge in [0.1, 0.15) is 17.1 Å². The molecule has 0 spiro atoms. The number of fused-ring (bicyclic) bond motifs is 1. The second kappa shape index (κ2) is 8.30. The van der Waals surface area contributed by atoms with E-state index in [1.165, 1.54) is 6.92 Å². The highest BCUT2D eigenvalue weighted by Gasteiger charge is 2.19. The molecule has 0 saturated heterocycles. The van der Waals surface area contributed by atoms with Gasteiger partial charge in [-0.15, -0.1) is 0 Å². The van der Waals surface area contributed by atoms with Crippen molar-refractivity contribution in [1.29, 1.82) is 0 Å². The number of carbonyl (C=O) groups is 3. The summed E-state index contributed by atoms with van der Waals surface area (Å²) in [6.45, 7) is 0.802. The highest BCUT2D eigenvalue weighted by Crippen LogP contribution is 2.35. The summed E-state index contributed by atoms with van der Waals surface area (Å²) in [6.07, 6.45) is 0. The van der Waals surface area contributed by atoms with Gasteiger partial charge in [-0.3, -0.25) is 9.59 Å². The Hall–Kier alpha value is -4.07. The molecule has 3 rings (SSSR count). The number of esters is 1. The summed E-state index contributed by atoms with van der Waals surface area (Å²) in [6, 6.07) is 14.0. The van der Waals surface area contributed by atoms with Crippen molar-refractivity contribution in [2.45, 2.75) is 6.92 Å². The Morgan fingerprint density at radius 1 is 0.897 bits per heavy atom. The van der Waals surface area contributed by atoms with Crippen LogP contribution in [0.1, 0.15) is 17.3 Å². The summed E-state index contributed by atoms with van der Waals surface area (Å²) >= 11 is 0. The van der Waals surface area contributed by atoms with Crippen molar-refractivity contribution in [2.75, 3.05) is 17.2 Å². The minimum Gasteiger partial charge on any atom is -0.507 e. The lowest BCUT2D eigenvalue weighted by Gasteiger charge is -2.10. The first-order valence-corrected chi connectivity index (χ1v) is 8.63. The van der Waals surface area contributed by atoms with Crippen LogP contribution in [0.15, 0.2) is 54.6 Å². The third-order valence-electron chi connectivity index (χ3n) is 4.04. The number of hydrogen-bond donors (Lipinski definition) is 4. The number of ether oxygens (including phenoxy) is 1. The van der Waals surface area contributed by atoms with Crippen LogP contribution in [-0.2, 0) is 14.3 Å². The largest absolute Gasteiger partial charge is 0.507 e. The van der Waals surface area contributed by atoms with Crippen LogP contribution in [0.4, 0.5) is 11.4 Å². The summed E-state index contributed by atoms with van der Waals surface area (Å²) in [4.78, 5) is 35.3. The Balaban J connectivity index is 1.63. The fourth-order valence-electron chi connectivity index (χ4n) is 2.74. The molecule has 0 unspecified atom stereocenters. The van der Waals surface area contributed by atoms with Gasteiger partial charge in [0.25, 0.3) is 5.91 Å². The number of phenols is 2. The molecule has 8 nitrogen and oxygen atoms in total. The zero-order valence-corrected chi connectivity index (χ0v) is 15.4. The van der Waals surface area contributed by atoms with Gasteiger partial charge in [-0.25, -0.2) is 4.79 Å². The molecule has 0 aliphatic rings. The maximum Gasteiger partial charge on any atom is 0.342 e. The number of rotatable bonds is 5. The molecule has 0 radical (unpaired) electrons. The number of anilines is 2. The van der Waals surface area contributed by atoms with Gasteiger partial charge in [0.2, 0.25) is 5.91 Å².